The van der Waals surface area contributed by atoms with E-state index in [9.17, 15) is 18.0 Å². The summed E-state index contributed by atoms with van der Waals surface area (Å²) in [6.45, 7) is 5.29. The van der Waals surface area contributed by atoms with Gasteiger partial charge in [0.15, 0.2) is 0 Å². The van der Waals surface area contributed by atoms with Crippen molar-refractivity contribution in [3.63, 3.8) is 0 Å². The second kappa shape index (κ2) is 11.0. The summed E-state index contributed by atoms with van der Waals surface area (Å²) < 4.78 is 41.0. The Kier molecular flexibility index (Phi) is 8.48. The molecule has 0 bridgehead atoms. The van der Waals surface area contributed by atoms with Gasteiger partial charge in [0.1, 0.15) is 12.4 Å². The molecular formula is C25H37F3N6O. The van der Waals surface area contributed by atoms with Crippen molar-refractivity contribution in [1.29, 1.82) is 0 Å². The lowest BCUT2D eigenvalue weighted by Crippen LogP contribution is -2.42. The van der Waals surface area contributed by atoms with Crippen LogP contribution in [0.2, 0.25) is 0 Å². The molecule has 2 atom stereocenters. The Morgan fingerprint density at radius 2 is 2.00 bits per heavy atom. The van der Waals surface area contributed by atoms with Gasteiger partial charge in [-0.3, -0.25) is 4.79 Å². The topological polar surface area (TPSA) is 56.6 Å². The molecule has 0 saturated carbocycles. The molecule has 0 saturated heterocycles. The lowest BCUT2D eigenvalue weighted by molar-refractivity contribution is -0.159. The number of fused-ring (bicyclic) bond motifs is 1. The van der Waals surface area contributed by atoms with Crippen molar-refractivity contribution in [2.45, 2.75) is 51.0 Å². The van der Waals surface area contributed by atoms with E-state index in [1.165, 1.54) is 7.05 Å². The summed E-state index contributed by atoms with van der Waals surface area (Å²) in [4.78, 5) is 18.4. The fourth-order valence-electron chi connectivity index (χ4n) is 4.81. The highest BCUT2D eigenvalue weighted by atomic mass is 19.4. The second-order valence-electron chi connectivity index (χ2n) is 9.77. The summed E-state index contributed by atoms with van der Waals surface area (Å²) >= 11 is 0. The van der Waals surface area contributed by atoms with Crippen LogP contribution in [0.5, 0.6) is 0 Å². The van der Waals surface area contributed by atoms with Gasteiger partial charge in [0.25, 0.3) is 0 Å². The number of alkyl halides is 3. The molecule has 194 valence electrons. The van der Waals surface area contributed by atoms with Crippen LogP contribution in [0.3, 0.4) is 0 Å². The molecule has 35 heavy (non-hydrogen) atoms. The van der Waals surface area contributed by atoms with Crippen LogP contribution < -0.4 is 10.2 Å². The number of nitrogens with one attached hydrogen (secondary N) is 1. The molecule has 0 fully saturated rings. The predicted molar refractivity (Wildman–Crippen MR) is 132 cm³/mol. The molecule has 0 aliphatic carbocycles. The summed E-state index contributed by atoms with van der Waals surface area (Å²) in [7, 11) is 7.18. The predicted octanol–water partition coefficient (Wildman–Crippen LogP) is 3.80. The molecule has 2 heterocycles. The number of rotatable bonds is 9. The monoisotopic (exact) mass is 494 g/mol. The van der Waals surface area contributed by atoms with E-state index in [1.54, 1.807) is 6.20 Å². The minimum absolute atomic E-state index is 0.0377. The van der Waals surface area contributed by atoms with Crippen LogP contribution in [0, 0.1) is 0 Å². The van der Waals surface area contributed by atoms with E-state index < -0.39 is 24.5 Å². The minimum Gasteiger partial charge on any atom is -0.353 e. The zero-order valence-corrected chi connectivity index (χ0v) is 21.4. The Bertz CT molecular complexity index is 1010. The summed E-state index contributed by atoms with van der Waals surface area (Å²) in [5.41, 5.74) is 2.86. The smallest absolute Gasteiger partial charge is 0.353 e. The van der Waals surface area contributed by atoms with Crippen molar-refractivity contribution in [2.75, 3.05) is 52.7 Å². The van der Waals surface area contributed by atoms with Crippen LogP contribution >= 0.6 is 0 Å². The molecule has 10 heteroatoms. The quantitative estimate of drug-likeness (QED) is 0.575. The zero-order valence-electron chi connectivity index (χ0n) is 21.4. The van der Waals surface area contributed by atoms with Crippen molar-refractivity contribution in [2.24, 2.45) is 0 Å². The van der Waals surface area contributed by atoms with E-state index in [2.05, 4.69) is 39.4 Å². The Labute approximate surface area is 205 Å². The third-order valence-electron chi connectivity index (χ3n) is 6.54. The first-order valence-electron chi connectivity index (χ1n) is 12.0. The molecule has 1 aliphatic rings. The molecule has 7 nitrogen and oxygen atoms in total. The molecule has 1 N–H and O–H groups in total. The Morgan fingerprint density at radius 3 is 2.63 bits per heavy atom. The third-order valence-corrected chi connectivity index (χ3v) is 6.54. The molecule has 1 amide bonds. The molecule has 1 aromatic carbocycles. The summed E-state index contributed by atoms with van der Waals surface area (Å²) in [6.07, 6.45) is -2.43. The van der Waals surface area contributed by atoms with E-state index in [0.29, 0.717) is 12.0 Å². The van der Waals surface area contributed by atoms with Crippen LogP contribution in [0.15, 0.2) is 30.5 Å². The Balaban J connectivity index is 1.96. The number of likely N-dealkylation sites (N-methyl/N-ethyl adjacent to an activating group) is 3. The fraction of sp³-hybridized carbons (Fsp3) is 0.600. The highest BCUT2D eigenvalue weighted by Crippen LogP contribution is 2.45. The Hall–Kier alpha value is -2.59. The fourth-order valence-corrected chi connectivity index (χ4v) is 4.81. The van der Waals surface area contributed by atoms with Gasteiger partial charge in [0.05, 0.1) is 18.2 Å². The van der Waals surface area contributed by atoms with E-state index >= 15 is 0 Å². The molecule has 3 rings (SSSR count). The number of nitrogens with zero attached hydrogens (tertiary/aromatic N) is 5. The van der Waals surface area contributed by atoms with Gasteiger partial charge in [0.2, 0.25) is 5.91 Å². The van der Waals surface area contributed by atoms with E-state index in [1.807, 2.05) is 44.8 Å². The molecule has 0 radical (unpaired) electrons. The first-order valence-corrected chi connectivity index (χ1v) is 12.0. The number of hydrogen-bond acceptors (Lipinski definition) is 5. The van der Waals surface area contributed by atoms with Crippen LogP contribution in [0.1, 0.15) is 55.0 Å². The number of carbonyl (C=O) groups is 1. The van der Waals surface area contributed by atoms with Gasteiger partial charge < -0.3 is 20.0 Å². The van der Waals surface area contributed by atoms with Gasteiger partial charge in [0, 0.05) is 45.3 Å². The molecular weight excluding hydrogens is 457 g/mol. The highest BCUT2D eigenvalue weighted by Gasteiger charge is 2.41. The average Bonchev–Trinajstić information content (AvgIpc) is 3.23. The van der Waals surface area contributed by atoms with E-state index in [4.69, 9.17) is 0 Å². The Morgan fingerprint density at radius 1 is 1.29 bits per heavy atom. The van der Waals surface area contributed by atoms with Gasteiger partial charge >= 0.3 is 6.18 Å². The molecule has 1 aliphatic heterocycles. The number of aromatic nitrogens is 2. The van der Waals surface area contributed by atoms with Gasteiger partial charge in [-0.05, 0) is 45.5 Å². The largest absolute Gasteiger partial charge is 0.406 e. The van der Waals surface area contributed by atoms with Gasteiger partial charge in [-0.1, -0.05) is 24.3 Å². The SMILES string of the molecule is CNCCN(C)Cc1cccc(C2CC(C(=O)N(C)CC(F)(F)F)c3cnn(C(C)C)c3N2C)c1. The third kappa shape index (κ3) is 6.35. The zero-order chi connectivity index (χ0) is 25.9. The van der Waals surface area contributed by atoms with Crippen molar-refractivity contribution in [3.05, 3.63) is 47.2 Å². The van der Waals surface area contributed by atoms with E-state index in [0.717, 1.165) is 41.5 Å². The minimum atomic E-state index is -4.45. The van der Waals surface area contributed by atoms with Crippen LogP contribution in [0.4, 0.5) is 19.0 Å². The second-order valence-corrected chi connectivity index (χ2v) is 9.77. The lowest BCUT2D eigenvalue weighted by Gasteiger charge is -2.40. The van der Waals surface area contributed by atoms with Crippen LogP contribution in [-0.2, 0) is 11.3 Å². The van der Waals surface area contributed by atoms with Gasteiger partial charge in [-0.15, -0.1) is 0 Å². The van der Waals surface area contributed by atoms with Gasteiger partial charge in [-0.2, -0.15) is 18.3 Å². The molecule has 1 aromatic heterocycles. The normalized spacial score (nSPS) is 18.3. The molecule has 2 aromatic rings. The standard InChI is InChI=1S/C25H37F3N6O/c1-17(2)34-23-21(14-30-34)20(24(35)32(5)16-25(26,27)28)13-22(33(23)6)19-9-7-8-18(12-19)15-31(4)11-10-29-3/h7-9,12,14,17,20,22,29H,10-11,13,15-16H2,1-6H3. The molecule has 0 spiro atoms. The number of benzene rings is 1. The summed E-state index contributed by atoms with van der Waals surface area (Å²) in [5, 5.41) is 7.65. The van der Waals surface area contributed by atoms with Crippen molar-refractivity contribution in [3.8, 4) is 0 Å². The summed E-state index contributed by atoms with van der Waals surface area (Å²) in [5.74, 6) is -0.451. The van der Waals surface area contributed by atoms with Crippen LogP contribution in [0.25, 0.3) is 0 Å². The number of hydrogen-bond donors (Lipinski definition) is 1. The maximum absolute atomic E-state index is 13.3. The number of anilines is 1. The van der Waals surface area contributed by atoms with Crippen molar-refractivity contribution < 1.29 is 18.0 Å². The first-order chi connectivity index (χ1) is 16.4. The van der Waals surface area contributed by atoms with Crippen molar-refractivity contribution in [1.82, 2.24) is 24.9 Å². The van der Waals surface area contributed by atoms with Gasteiger partial charge in [-0.25, -0.2) is 4.68 Å². The number of halogens is 3. The average molecular weight is 495 g/mol. The van der Waals surface area contributed by atoms with E-state index in [-0.39, 0.29) is 12.1 Å². The number of amides is 1. The lowest BCUT2D eigenvalue weighted by atomic mass is 9.84. The number of carbonyl (C=O) groups excluding carboxylic acids is 1. The first kappa shape index (κ1) is 27.0. The summed E-state index contributed by atoms with van der Waals surface area (Å²) in [6, 6.07) is 8.11. The molecule has 2 unspecified atom stereocenters. The maximum atomic E-state index is 13.3. The maximum Gasteiger partial charge on any atom is 0.406 e. The highest BCUT2D eigenvalue weighted by molar-refractivity contribution is 5.86. The van der Waals surface area contributed by atoms with Crippen molar-refractivity contribution >= 4 is 11.7 Å². The van der Waals surface area contributed by atoms with Crippen LogP contribution in [-0.4, -0.2) is 79.5 Å².